The molecule has 0 aliphatic rings. The smallest absolute Gasteiger partial charge is 0.339 e. The van der Waals surface area contributed by atoms with Crippen LogP contribution in [0.1, 0.15) is 53.1 Å². The number of carboxylic acids is 1. The number of carboxylic acid groups (broad SMARTS) is 1. The van der Waals surface area contributed by atoms with E-state index in [1.165, 1.54) is 24.3 Å². The highest BCUT2D eigenvalue weighted by Gasteiger charge is 2.21. The second-order valence-corrected chi connectivity index (χ2v) is 9.68. The average molecular weight is 585 g/mol. The first-order valence-electron chi connectivity index (χ1n) is 13.7. The highest BCUT2D eigenvalue weighted by molar-refractivity contribution is 5.93. The predicted octanol–water partition coefficient (Wildman–Crippen LogP) is 5.98. The topological polar surface area (TPSA) is 157 Å². The van der Waals surface area contributed by atoms with Gasteiger partial charge in [0.2, 0.25) is 5.91 Å². The van der Waals surface area contributed by atoms with E-state index >= 15 is 0 Å². The van der Waals surface area contributed by atoms with E-state index in [9.17, 15) is 24.8 Å². The number of aromatic nitrogens is 2. The molecule has 11 heteroatoms. The summed E-state index contributed by atoms with van der Waals surface area (Å²) in [6, 6.07) is 17.5. The van der Waals surface area contributed by atoms with Gasteiger partial charge in [0.25, 0.3) is 5.69 Å². The Kier molecular flexibility index (Phi) is 10.2. The summed E-state index contributed by atoms with van der Waals surface area (Å²) in [5.74, 6) is -0.0467. The maximum absolute atomic E-state index is 13.0. The highest BCUT2D eigenvalue weighted by Crippen LogP contribution is 2.27. The van der Waals surface area contributed by atoms with Crippen molar-refractivity contribution in [3.8, 4) is 22.8 Å². The molecular formula is C32H32N4O7. The Bertz CT molecular complexity index is 1590. The molecule has 0 saturated carbocycles. The number of ether oxygens (including phenoxy) is 2. The van der Waals surface area contributed by atoms with Crippen LogP contribution in [0.15, 0.2) is 79.0 Å². The van der Waals surface area contributed by atoms with E-state index in [1.54, 1.807) is 55.8 Å². The number of hydrogen-bond acceptors (Lipinski definition) is 7. The second-order valence-electron chi connectivity index (χ2n) is 9.68. The Balaban J connectivity index is 1.60. The molecule has 11 nitrogen and oxygen atoms in total. The number of non-ortho nitro benzene ring substituents is 1. The van der Waals surface area contributed by atoms with Gasteiger partial charge in [-0.1, -0.05) is 31.5 Å². The van der Waals surface area contributed by atoms with Crippen molar-refractivity contribution in [3.63, 3.8) is 0 Å². The van der Waals surface area contributed by atoms with Crippen LogP contribution in [0.5, 0.6) is 11.5 Å². The lowest BCUT2D eigenvalue weighted by atomic mass is 10.00. The van der Waals surface area contributed by atoms with Crippen molar-refractivity contribution in [2.75, 3.05) is 13.7 Å². The summed E-state index contributed by atoms with van der Waals surface area (Å²) in [6.45, 7) is 2.41. The van der Waals surface area contributed by atoms with E-state index in [0.717, 1.165) is 18.4 Å². The molecular weight excluding hydrogens is 552 g/mol. The van der Waals surface area contributed by atoms with E-state index in [2.05, 4.69) is 15.3 Å². The molecule has 1 atom stereocenters. The van der Waals surface area contributed by atoms with Gasteiger partial charge >= 0.3 is 5.97 Å². The minimum Gasteiger partial charge on any atom is -0.497 e. The molecule has 0 spiro atoms. The third kappa shape index (κ3) is 8.29. The normalized spacial score (nSPS) is 11.7. The Morgan fingerprint density at radius 1 is 1.12 bits per heavy atom. The zero-order chi connectivity index (χ0) is 30.8. The molecule has 3 N–H and O–H groups in total. The number of nitro groups is 1. The Morgan fingerprint density at radius 3 is 2.51 bits per heavy atom. The molecule has 0 fully saturated rings. The van der Waals surface area contributed by atoms with Gasteiger partial charge < -0.3 is 24.9 Å². The van der Waals surface area contributed by atoms with Crippen LogP contribution >= 0.6 is 0 Å². The Morgan fingerprint density at radius 2 is 1.86 bits per heavy atom. The summed E-state index contributed by atoms with van der Waals surface area (Å²) in [5, 5.41) is 23.8. The van der Waals surface area contributed by atoms with Crippen LogP contribution in [0.3, 0.4) is 0 Å². The zero-order valence-electron chi connectivity index (χ0n) is 23.8. The van der Waals surface area contributed by atoms with Gasteiger partial charge in [0.05, 0.1) is 36.6 Å². The Labute approximate surface area is 248 Å². The van der Waals surface area contributed by atoms with Crippen molar-refractivity contribution in [1.82, 2.24) is 15.3 Å². The number of hydrogen-bond donors (Lipinski definition) is 3. The summed E-state index contributed by atoms with van der Waals surface area (Å²) in [4.78, 5) is 43.3. The third-order valence-electron chi connectivity index (χ3n) is 6.67. The molecule has 1 unspecified atom stereocenters. The van der Waals surface area contributed by atoms with Crippen molar-refractivity contribution in [2.24, 2.45) is 0 Å². The van der Waals surface area contributed by atoms with Gasteiger partial charge in [-0.25, -0.2) is 9.78 Å². The molecule has 0 bridgehead atoms. The van der Waals surface area contributed by atoms with Gasteiger partial charge in [0.15, 0.2) is 0 Å². The van der Waals surface area contributed by atoms with Gasteiger partial charge in [-0.3, -0.25) is 14.9 Å². The Hall–Kier alpha value is -5.45. The first kappa shape index (κ1) is 30.5. The first-order chi connectivity index (χ1) is 20.8. The van der Waals surface area contributed by atoms with Crippen LogP contribution < -0.4 is 14.8 Å². The maximum Gasteiger partial charge on any atom is 0.339 e. The van der Waals surface area contributed by atoms with Gasteiger partial charge in [0.1, 0.15) is 22.9 Å². The quantitative estimate of drug-likeness (QED) is 0.0707. The van der Waals surface area contributed by atoms with Gasteiger partial charge in [-0.15, -0.1) is 0 Å². The molecule has 4 aromatic rings. The average Bonchev–Trinajstić information content (AvgIpc) is 3.48. The number of rotatable bonds is 14. The minimum absolute atomic E-state index is 0.00681. The lowest BCUT2D eigenvalue weighted by molar-refractivity contribution is -0.384. The number of imidazole rings is 1. The number of amides is 1. The van der Waals surface area contributed by atoms with Gasteiger partial charge in [-0.2, -0.15) is 0 Å². The molecule has 4 rings (SSSR count). The van der Waals surface area contributed by atoms with E-state index in [-0.39, 0.29) is 29.3 Å². The number of nitro benzene ring substituents is 1. The fourth-order valence-electron chi connectivity index (χ4n) is 4.31. The number of aromatic amines is 1. The van der Waals surface area contributed by atoms with Crippen LogP contribution in [0.2, 0.25) is 0 Å². The number of aromatic carboxylic acids is 1. The number of benzene rings is 3. The van der Waals surface area contributed by atoms with Crippen molar-refractivity contribution in [3.05, 3.63) is 112 Å². The molecule has 1 amide bonds. The summed E-state index contributed by atoms with van der Waals surface area (Å²) in [7, 11) is 1.58. The minimum atomic E-state index is -1.14. The van der Waals surface area contributed by atoms with Crippen LogP contribution in [0.4, 0.5) is 5.69 Å². The van der Waals surface area contributed by atoms with Crippen LogP contribution in [0.25, 0.3) is 17.3 Å². The van der Waals surface area contributed by atoms with Crippen LogP contribution in [0, 0.1) is 10.1 Å². The number of H-pyrrole nitrogens is 1. The van der Waals surface area contributed by atoms with Crippen LogP contribution in [-0.2, 0) is 11.2 Å². The maximum atomic E-state index is 13.0. The molecule has 0 aliphatic carbocycles. The molecule has 3 aromatic carbocycles. The zero-order valence-corrected chi connectivity index (χ0v) is 23.8. The molecule has 1 heterocycles. The molecule has 0 saturated heterocycles. The molecule has 0 radical (unpaired) electrons. The fourth-order valence-corrected chi connectivity index (χ4v) is 4.31. The number of carbonyl (C=O) groups excluding carboxylic acids is 1. The molecule has 0 aliphatic heterocycles. The standard InChI is InChI=1S/C32H32N4O7/c1-3-4-17-43-29-15-10-23(18-26(29)32(38)39)27(35-31(37)16-7-21-5-13-25(42-2)14-6-21)19-30-33-20-28(34-30)22-8-11-24(12-9-22)36(40)41/h5-16,18,20,27H,3-4,17,19H2,1-2H3,(H,33,34)(H,35,37)(H,38,39). The highest BCUT2D eigenvalue weighted by atomic mass is 16.6. The monoisotopic (exact) mass is 584 g/mol. The lowest BCUT2D eigenvalue weighted by Crippen LogP contribution is -2.29. The number of methoxy groups -OCH3 is 1. The van der Waals surface area contributed by atoms with Crippen molar-refractivity contribution >= 4 is 23.6 Å². The summed E-state index contributed by atoms with van der Waals surface area (Å²) >= 11 is 0. The molecule has 1 aromatic heterocycles. The molecule has 43 heavy (non-hydrogen) atoms. The summed E-state index contributed by atoms with van der Waals surface area (Å²) < 4.78 is 10.9. The van der Waals surface area contributed by atoms with E-state index < -0.39 is 16.9 Å². The van der Waals surface area contributed by atoms with Crippen molar-refractivity contribution in [2.45, 2.75) is 32.2 Å². The van der Waals surface area contributed by atoms with Gasteiger partial charge in [0, 0.05) is 30.2 Å². The largest absolute Gasteiger partial charge is 0.497 e. The third-order valence-corrected chi connectivity index (χ3v) is 6.67. The molecule has 222 valence electrons. The first-order valence-corrected chi connectivity index (χ1v) is 13.7. The van der Waals surface area contributed by atoms with Crippen LogP contribution in [-0.4, -0.2) is 45.6 Å². The van der Waals surface area contributed by atoms with E-state index in [0.29, 0.717) is 35.0 Å². The number of nitrogens with one attached hydrogen (secondary N) is 2. The number of nitrogens with zero attached hydrogens (tertiary/aromatic N) is 2. The van der Waals surface area contributed by atoms with Crippen molar-refractivity contribution in [1.29, 1.82) is 0 Å². The van der Waals surface area contributed by atoms with E-state index in [4.69, 9.17) is 9.47 Å². The summed E-state index contributed by atoms with van der Waals surface area (Å²) in [6.07, 6.45) is 6.58. The van der Waals surface area contributed by atoms with Crippen molar-refractivity contribution < 1.29 is 29.1 Å². The fraction of sp³-hybridized carbons (Fsp3) is 0.219. The summed E-state index contributed by atoms with van der Waals surface area (Å²) in [5.41, 5.74) is 2.67. The van der Waals surface area contributed by atoms with Gasteiger partial charge in [-0.05, 0) is 60.0 Å². The second kappa shape index (κ2) is 14.4. The SMILES string of the molecule is CCCCOc1ccc(C(Cc2ncc(-c3ccc([N+](=O)[O-])cc3)[nH]2)NC(=O)C=Cc2ccc(OC)cc2)cc1C(=O)O. The lowest BCUT2D eigenvalue weighted by Gasteiger charge is -2.19. The van der Waals surface area contributed by atoms with E-state index in [1.807, 2.05) is 19.1 Å². The number of carbonyl (C=O) groups is 2. The predicted molar refractivity (Wildman–Crippen MR) is 161 cm³/mol. The number of unbranched alkanes of at least 4 members (excludes halogenated alkanes) is 1.